The Morgan fingerprint density at radius 1 is 1.00 bits per heavy atom. The fourth-order valence-corrected chi connectivity index (χ4v) is 2.66. The predicted molar refractivity (Wildman–Crippen MR) is 87.8 cm³/mol. The highest BCUT2D eigenvalue weighted by Crippen LogP contribution is 2.12. The first kappa shape index (κ1) is 16.0. The maximum Gasteiger partial charge on any atom is 0.123 e. The van der Waals surface area contributed by atoms with Crippen molar-refractivity contribution in [3.05, 3.63) is 65.7 Å². The minimum atomic E-state index is -0.179. The summed E-state index contributed by atoms with van der Waals surface area (Å²) >= 11 is 1.87. The lowest BCUT2D eigenvalue weighted by molar-refractivity contribution is 0.258. The SMILES string of the molecule is CSCCCN(Cc1ccncc1)Cc1ccc(F)cc1. The van der Waals surface area contributed by atoms with Crippen LogP contribution in [0.4, 0.5) is 4.39 Å². The second-order valence-corrected chi connectivity index (χ2v) is 6.02. The van der Waals surface area contributed by atoms with Crippen LogP contribution in [0, 0.1) is 5.82 Å². The zero-order chi connectivity index (χ0) is 14.9. The van der Waals surface area contributed by atoms with Crippen molar-refractivity contribution in [1.29, 1.82) is 0 Å². The van der Waals surface area contributed by atoms with Gasteiger partial charge in [-0.15, -0.1) is 0 Å². The Hall–Kier alpha value is -1.39. The summed E-state index contributed by atoms with van der Waals surface area (Å²) in [5.41, 5.74) is 2.41. The van der Waals surface area contributed by atoms with Crippen LogP contribution < -0.4 is 0 Å². The van der Waals surface area contributed by atoms with E-state index >= 15 is 0 Å². The van der Waals surface area contributed by atoms with Gasteiger partial charge in [0.05, 0.1) is 0 Å². The summed E-state index contributed by atoms with van der Waals surface area (Å²) in [6.07, 6.45) is 6.95. The highest BCUT2D eigenvalue weighted by atomic mass is 32.2. The van der Waals surface area contributed by atoms with Gasteiger partial charge in [-0.3, -0.25) is 9.88 Å². The normalized spacial score (nSPS) is 11.0. The Morgan fingerprint density at radius 3 is 2.24 bits per heavy atom. The highest BCUT2D eigenvalue weighted by molar-refractivity contribution is 7.98. The molecule has 0 spiro atoms. The van der Waals surface area contributed by atoms with Crippen molar-refractivity contribution in [1.82, 2.24) is 9.88 Å². The molecule has 0 aliphatic heterocycles. The third-order valence-electron chi connectivity index (χ3n) is 3.30. The number of rotatable bonds is 8. The molecule has 1 heterocycles. The van der Waals surface area contributed by atoms with E-state index in [4.69, 9.17) is 0 Å². The van der Waals surface area contributed by atoms with E-state index < -0.39 is 0 Å². The van der Waals surface area contributed by atoms with Gasteiger partial charge in [-0.05, 0) is 60.4 Å². The molecule has 4 heteroatoms. The molecule has 0 radical (unpaired) electrons. The van der Waals surface area contributed by atoms with Gasteiger partial charge in [-0.25, -0.2) is 4.39 Å². The van der Waals surface area contributed by atoms with Gasteiger partial charge in [0.2, 0.25) is 0 Å². The zero-order valence-electron chi connectivity index (χ0n) is 12.3. The average Bonchev–Trinajstić information content (AvgIpc) is 2.51. The topological polar surface area (TPSA) is 16.1 Å². The summed E-state index contributed by atoms with van der Waals surface area (Å²) in [7, 11) is 0. The molecule has 0 saturated carbocycles. The van der Waals surface area contributed by atoms with Crippen LogP contribution in [-0.4, -0.2) is 28.4 Å². The Kier molecular flexibility index (Phi) is 6.70. The number of thioether (sulfide) groups is 1. The van der Waals surface area contributed by atoms with Crippen molar-refractivity contribution in [2.75, 3.05) is 18.6 Å². The highest BCUT2D eigenvalue weighted by Gasteiger charge is 2.07. The molecule has 0 fully saturated rings. The Morgan fingerprint density at radius 2 is 1.62 bits per heavy atom. The van der Waals surface area contributed by atoms with Gasteiger partial charge in [0, 0.05) is 25.5 Å². The molecule has 2 nitrogen and oxygen atoms in total. The van der Waals surface area contributed by atoms with Gasteiger partial charge in [0.1, 0.15) is 5.82 Å². The van der Waals surface area contributed by atoms with E-state index in [2.05, 4.69) is 16.1 Å². The van der Waals surface area contributed by atoms with Crippen molar-refractivity contribution < 1.29 is 4.39 Å². The first-order chi connectivity index (χ1) is 10.3. The standard InChI is InChI=1S/C17H21FN2S/c1-21-12-2-11-20(14-16-7-9-19-10-8-16)13-15-3-5-17(18)6-4-15/h3-10H,2,11-14H2,1H3. The molecule has 0 aliphatic carbocycles. The molecule has 2 aromatic rings. The van der Waals surface area contributed by atoms with Gasteiger partial charge in [-0.2, -0.15) is 11.8 Å². The second-order valence-electron chi connectivity index (χ2n) is 5.04. The van der Waals surface area contributed by atoms with Crippen LogP contribution in [0.25, 0.3) is 0 Å². The largest absolute Gasteiger partial charge is 0.295 e. The first-order valence-electron chi connectivity index (χ1n) is 7.12. The number of hydrogen-bond acceptors (Lipinski definition) is 3. The van der Waals surface area contributed by atoms with Crippen molar-refractivity contribution >= 4 is 11.8 Å². The third kappa shape index (κ3) is 5.86. The maximum atomic E-state index is 13.0. The summed E-state index contributed by atoms with van der Waals surface area (Å²) < 4.78 is 13.0. The molecule has 2 rings (SSSR count). The zero-order valence-corrected chi connectivity index (χ0v) is 13.2. The molecule has 1 aromatic carbocycles. The molecular formula is C17H21FN2S. The smallest absolute Gasteiger partial charge is 0.123 e. The van der Waals surface area contributed by atoms with Gasteiger partial charge in [-0.1, -0.05) is 12.1 Å². The Bertz CT molecular complexity index is 516. The third-order valence-corrected chi connectivity index (χ3v) is 3.99. The minimum absolute atomic E-state index is 0.179. The summed E-state index contributed by atoms with van der Waals surface area (Å²) in [5, 5.41) is 0. The Labute approximate surface area is 130 Å². The van der Waals surface area contributed by atoms with E-state index in [0.29, 0.717) is 0 Å². The lowest BCUT2D eigenvalue weighted by atomic mass is 10.2. The second kappa shape index (κ2) is 8.80. The molecule has 0 bridgehead atoms. The van der Waals surface area contributed by atoms with Crippen molar-refractivity contribution in [3.8, 4) is 0 Å². The number of pyridine rings is 1. The summed E-state index contributed by atoms with van der Waals surface area (Å²) in [6, 6.07) is 10.9. The van der Waals surface area contributed by atoms with Crippen molar-refractivity contribution in [2.45, 2.75) is 19.5 Å². The molecule has 21 heavy (non-hydrogen) atoms. The first-order valence-corrected chi connectivity index (χ1v) is 8.52. The van der Waals surface area contributed by atoms with Crippen LogP contribution in [0.2, 0.25) is 0 Å². The molecule has 0 unspecified atom stereocenters. The lowest BCUT2D eigenvalue weighted by Gasteiger charge is -2.22. The molecule has 0 atom stereocenters. The number of benzene rings is 1. The fraction of sp³-hybridized carbons (Fsp3) is 0.353. The van der Waals surface area contributed by atoms with Crippen molar-refractivity contribution in [3.63, 3.8) is 0 Å². The number of nitrogens with zero attached hydrogens (tertiary/aromatic N) is 2. The van der Waals surface area contributed by atoms with Gasteiger partial charge < -0.3 is 0 Å². The number of aromatic nitrogens is 1. The predicted octanol–water partition coefficient (Wildman–Crippen LogP) is 3.98. The lowest BCUT2D eigenvalue weighted by Crippen LogP contribution is -2.24. The van der Waals surface area contributed by atoms with Crippen LogP contribution in [0.3, 0.4) is 0 Å². The maximum absolute atomic E-state index is 13.0. The van der Waals surface area contributed by atoms with E-state index in [1.54, 1.807) is 0 Å². The molecule has 112 valence electrons. The Balaban J connectivity index is 1.99. The molecular weight excluding hydrogens is 283 g/mol. The quantitative estimate of drug-likeness (QED) is 0.686. The number of halogens is 1. The van der Waals surface area contributed by atoms with E-state index in [1.807, 2.05) is 48.4 Å². The summed E-state index contributed by atoms with van der Waals surface area (Å²) in [4.78, 5) is 6.46. The summed E-state index contributed by atoms with van der Waals surface area (Å²) in [5.74, 6) is 0.984. The van der Waals surface area contributed by atoms with E-state index in [0.717, 1.165) is 37.4 Å². The average molecular weight is 304 g/mol. The molecule has 1 aromatic heterocycles. The van der Waals surface area contributed by atoms with E-state index in [-0.39, 0.29) is 5.82 Å². The summed E-state index contributed by atoms with van der Waals surface area (Å²) in [6.45, 7) is 2.78. The van der Waals surface area contributed by atoms with Crippen LogP contribution in [0.1, 0.15) is 17.5 Å². The van der Waals surface area contributed by atoms with Gasteiger partial charge in [0.25, 0.3) is 0 Å². The van der Waals surface area contributed by atoms with Crippen LogP contribution in [0.5, 0.6) is 0 Å². The van der Waals surface area contributed by atoms with Crippen molar-refractivity contribution in [2.24, 2.45) is 0 Å². The molecule has 0 saturated heterocycles. The fourth-order valence-electron chi connectivity index (χ4n) is 2.24. The van der Waals surface area contributed by atoms with E-state index in [9.17, 15) is 4.39 Å². The molecule has 0 aliphatic rings. The molecule has 0 N–H and O–H groups in total. The van der Waals surface area contributed by atoms with Crippen LogP contribution in [0.15, 0.2) is 48.8 Å². The molecule has 0 amide bonds. The van der Waals surface area contributed by atoms with Crippen LogP contribution >= 0.6 is 11.8 Å². The van der Waals surface area contributed by atoms with E-state index in [1.165, 1.54) is 17.7 Å². The monoisotopic (exact) mass is 304 g/mol. The minimum Gasteiger partial charge on any atom is -0.295 e. The van der Waals surface area contributed by atoms with Gasteiger partial charge >= 0.3 is 0 Å². The van der Waals surface area contributed by atoms with Gasteiger partial charge in [0.15, 0.2) is 0 Å². The van der Waals surface area contributed by atoms with Crippen LogP contribution in [-0.2, 0) is 13.1 Å². The number of hydrogen-bond donors (Lipinski definition) is 0.